The third-order valence-electron chi connectivity index (χ3n) is 3.14. The number of aromatic amines is 1. The fourth-order valence-corrected chi connectivity index (χ4v) is 1.95. The summed E-state index contributed by atoms with van der Waals surface area (Å²) in [5.41, 5.74) is 3.40. The molecule has 0 bridgehead atoms. The van der Waals surface area contributed by atoms with E-state index in [1.54, 1.807) is 0 Å². The molecule has 1 aromatic heterocycles. The molecule has 0 fully saturated rings. The van der Waals surface area contributed by atoms with E-state index >= 15 is 0 Å². The van der Waals surface area contributed by atoms with Crippen molar-refractivity contribution in [2.75, 3.05) is 6.54 Å². The summed E-state index contributed by atoms with van der Waals surface area (Å²) in [7, 11) is 0. The molecule has 0 radical (unpaired) electrons. The molecule has 0 aliphatic heterocycles. The molecule has 20 heavy (non-hydrogen) atoms. The van der Waals surface area contributed by atoms with Crippen LogP contribution in [0, 0.1) is 6.92 Å². The Labute approximate surface area is 118 Å². The molecule has 2 aromatic rings. The van der Waals surface area contributed by atoms with Gasteiger partial charge in [-0.2, -0.15) is 5.10 Å². The summed E-state index contributed by atoms with van der Waals surface area (Å²) in [4.78, 5) is 11.6. The average Bonchev–Trinajstić information content (AvgIpc) is 2.88. The van der Waals surface area contributed by atoms with Crippen LogP contribution in [0.15, 0.2) is 36.5 Å². The van der Waals surface area contributed by atoms with Gasteiger partial charge in [-0.15, -0.1) is 0 Å². The van der Waals surface area contributed by atoms with Gasteiger partial charge < -0.3 is 10.6 Å². The lowest BCUT2D eigenvalue weighted by Gasteiger charge is -2.07. The number of hydrogen-bond acceptors (Lipinski definition) is 2. The first-order chi connectivity index (χ1) is 9.75. The Balaban J connectivity index is 1.60. The van der Waals surface area contributed by atoms with Gasteiger partial charge >= 0.3 is 6.03 Å². The van der Waals surface area contributed by atoms with Crippen molar-refractivity contribution in [2.24, 2.45) is 0 Å². The van der Waals surface area contributed by atoms with Gasteiger partial charge in [0.2, 0.25) is 0 Å². The third-order valence-corrected chi connectivity index (χ3v) is 3.14. The summed E-state index contributed by atoms with van der Waals surface area (Å²) in [5.74, 6) is 0. The van der Waals surface area contributed by atoms with Crippen molar-refractivity contribution in [3.8, 4) is 0 Å². The van der Waals surface area contributed by atoms with Crippen LogP contribution in [-0.2, 0) is 13.0 Å². The first kappa shape index (κ1) is 14.1. The highest BCUT2D eigenvalue weighted by atomic mass is 16.2. The molecule has 0 atom stereocenters. The van der Waals surface area contributed by atoms with E-state index in [2.05, 4.69) is 20.8 Å². The SMILES string of the molecule is Cc1[nH]ncc1CCCNC(=O)NCc1ccccc1. The monoisotopic (exact) mass is 272 g/mol. The number of amides is 2. The summed E-state index contributed by atoms with van der Waals surface area (Å²) >= 11 is 0. The molecule has 0 saturated heterocycles. The van der Waals surface area contributed by atoms with E-state index in [0.29, 0.717) is 13.1 Å². The zero-order valence-corrected chi connectivity index (χ0v) is 11.6. The molecule has 3 N–H and O–H groups in total. The van der Waals surface area contributed by atoms with Crippen molar-refractivity contribution < 1.29 is 4.79 Å². The summed E-state index contributed by atoms with van der Waals surface area (Å²) in [6, 6.07) is 9.73. The number of nitrogens with zero attached hydrogens (tertiary/aromatic N) is 1. The average molecular weight is 272 g/mol. The Morgan fingerprint density at radius 1 is 1.25 bits per heavy atom. The molecular weight excluding hydrogens is 252 g/mol. The first-order valence-electron chi connectivity index (χ1n) is 6.80. The molecule has 2 amide bonds. The van der Waals surface area contributed by atoms with Gasteiger partial charge in [0.05, 0.1) is 6.20 Å². The van der Waals surface area contributed by atoms with Gasteiger partial charge in [0.1, 0.15) is 0 Å². The predicted molar refractivity (Wildman–Crippen MR) is 78.3 cm³/mol. The summed E-state index contributed by atoms with van der Waals surface area (Å²) in [5, 5.41) is 12.6. The number of hydrogen-bond donors (Lipinski definition) is 3. The second kappa shape index (κ2) is 7.33. The second-order valence-electron chi connectivity index (χ2n) is 4.72. The fourth-order valence-electron chi connectivity index (χ4n) is 1.95. The fraction of sp³-hybridized carbons (Fsp3) is 0.333. The molecule has 2 rings (SSSR count). The number of carbonyl (C=O) groups excluding carboxylic acids is 1. The van der Waals surface area contributed by atoms with Crippen molar-refractivity contribution in [1.29, 1.82) is 0 Å². The summed E-state index contributed by atoms with van der Waals surface area (Å²) in [6.45, 7) is 3.21. The number of aryl methyl sites for hydroxylation is 2. The van der Waals surface area contributed by atoms with Gasteiger partial charge in [0, 0.05) is 18.8 Å². The van der Waals surface area contributed by atoms with Crippen LogP contribution in [-0.4, -0.2) is 22.8 Å². The van der Waals surface area contributed by atoms with Crippen molar-refractivity contribution in [3.05, 3.63) is 53.3 Å². The van der Waals surface area contributed by atoms with Gasteiger partial charge in [-0.1, -0.05) is 30.3 Å². The van der Waals surface area contributed by atoms with Crippen LogP contribution in [0.1, 0.15) is 23.2 Å². The molecular formula is C15H20N4O. The number of benzene rings is 1. The van der Waals surface area contributed by atoms with Gasteiger partial charge in [0.25, 0.3) is 0 Å². The molecule has 5 nitrogen and oxygen atoms in total. The normalized spacial score (nSPS) is 10.2. The molecule has 0 aliphatic carbocycles. The van der Waals surface area contributed by atoms with E-state index in [-0.39, 0.29) is 6.03 Å². The van der Waals surface area contributed by atoms with Crippen LogP contribution in [0.25, 0.3) is 0 Å². The van der Waals surface area contributed by atoms with Crippen LogP contribution in [0.4, 0.5) is 4.79 Å². The second-order valence-corrected chi connectivity index (χ2v) is 4.72. The van der Waals surface area contributed by atoms with E-state index in [1.165, 1.54) is 5.56 Å². The van der Waals surface area contributed by atoms with E-state index in [1.807, 2.05) is 43.5 Å². The van der Waals surface area contributed by atoms with Crippen molar-refractivity contribution in [2.45, 2.75) is 26.3 Å². The first-order valence-corrected chi connectivity index (χ1v) is 6.80. The zero-order chi connectivity index (χ0) is 14.2. The Kier molecular flexibility index (Phi) is 5.17. The van der Waals surface area contributed by atoms with Crippen molar-refractivity contribution in [1.82, 2.24) is 20.8 Å². The Morgan fingerprint density at radius 3 is 2.75 bits per heavy atom. The lowest BCUT2D eigenvalue weighted by molar-refractivity contribution is 0.240. The summed E-state index contributed by atoms with van der Waals surface area (Å²) < 4.78 is 0. The van der Waals surface area contributed by atoms with Crippen LogP contribution < -0.4 is 10.6 Å². The van der Waals surface area contributed by atoms with Crippen LogP contribution in [0.5, 0.6) is 0 Å². The highest BCUT2D eigenvalue weighted by Crippen LogP contribution is 2.04. The molecule has 5 heteroatoms. The number of aromatic nitrogens is 2. The molecule has 1 heterocycles. The molecule has 0 aliphatic rings. The minimum absolute atomic E-state index is 0.127. The van der Waals surface area contributed by atoms with Crippen molar-refractivity contribution in [3.63, 3.8) is 0 Å². The summed E-state index contributed by atoms with van der Waals surface area (Å²) in [6.07, 6.45) is 3.66. The van der Waals surface area contributed by atoms with Crippen LogP contribution in [0.3, 0.4) is 0 Å². The molecule has 0 spiro atoms. The van der Waals surface area contributed by atoms with Crippen LogP contribution in [0.2, 0.25) is 0 Å². The van der Waals surface area contributed by atoms with E-state index in [9.17, 15) is 4.79 Å². The predicted octanol–water partition coefficient (Wildman–Crippen LogP) is 2.15. The minimum atomic E-state index is -0.127. The number of carbonyl (C=O) groups is 1. The van der Waals surface area contributed by atoms with Crippen LogP contribution >= 0.6 is 0 Å². The molecule has 0 unspecified atom stereocenters. The lowest BCUT2D eigenvalue weighted by atomic mass is 10.1. The highest BCUT2D eigenvalue weighted by Gasteiger charge is 2.02. The van der Waals surface area contributed by atoms with Gasteiger partial charge in [-0.25, -0.2) is 4.79 Å². The van der Waals surface area contributed by atoms with Gasteiger partial charge in [0.15, 0.2) is 0 Å². The van der Waals surface area contributed by atoms with E-state index in [0.717, 1.165) is 24.1 Å². The molecule has 0 saturated carbocycles. The third kappa shape index (κ3) is 4.42. The number of H-pyrrole nitrogens is 1. The zero-order valence-electron chi connectivity index (χ0n) is 11.6. The Morgan fingerprint density at radius 2 is 2.05 bits per heavy atom. The number of nitrogens with one attached hydrogen (secondary N) is 3. The maximum atomic E-state index is 11.6. The molecule has 106 valence electrons. The van der Waals surface area contributed by atoms with Gasteiger partial charge in [-0.3, -0.25) is 5.10 Å². The molecule has 1 aromatic carbocycles. The maximum Gasteiger partial charge on any atom is 0.315 e. The minimum Gasteiger partial charge on any atom is -0.338 e. The highest BCUT2D eigenvalue weighted by molar-refractivity contribution is 5.73. The standard InChI is InChI=1S/C15H20N4O/c1-12-14(11-18-19-12)8-5-9-16-15(20)17-10-13-6-3-2-4-7-13/h2-4,6-7,11H,5,8-10H2,1H3,(H,18,19)(H2,16,17,20). The Bertz CT molecular complexity index is 536. The topological polar surface area (TPSA) is 69.8 Å². The van der Waals surface area contributed by atoms with E-state index < -0.39 is 0 Å². The maximum absolute atomic E-state index is 11.6. The Hall–Kier alpha value is -2.30. The van der Waals surface area contributed by atoms with Gasteiger partial charge in [-0.05, 0) is 30.9 Å². The van der Waals surface area contributed by atoms with E-state index in [4.69, 9.17) is 0 Å². The lowest BCUT2D eigenvalue weighted by Crippen LogP contribution is -2.35. The van der Waals surface area contributed by atoms with Crippen molar-refractivity contribution >= 4 is 6.03 Å². The largest absolute Gasteiger partial charge is 0.338 e. The number of rotatable bonds is 6. The number of urea groups is 1. The quantitative estimate of drug-likeness (QED) is 0.705. The smallest absolute Gasteiger partial charge is 0.315 e.